The number of hydrogen-bond acceptors (Lipinski definition) is 0. The molecule has 0 aliphatic carbocycles. The summed E-state index contributed by atoms with van der Waals surface area (Å²) in [6, 6.07) is 0. The van der Waals surface area contributed by atoms with E-state index in [1.54, 1.807) is 0 Å². The summed E-state index contributed by atoms with van der Waals surface area (Å²) >= 11 is 0. The van der Waals surface area contributed by atoms with Crippen LogP contribution in [0.5, 0.6) is 0 Å². The largest absolute Gasteiger partial charge is 2.00 e. The van der Waals surface area contributed by atoms with E-state index in [1.165, 1.54) is 0 Å². The monoisotopic (exact) mass is 150 g/mol. The van der Waals surface area contributed by atoms with E-state index in [0.29, 0.717) is 0 Å². The normalized spacial score (nSPS) is 5.56. The summed E-state index contributed by atoms with van der Waals surface area (Å²) in [4.78, 5) is 0. The molecule has 0 atom stereocenters. The molecule has 1 heteroatoms. The Hall–Kier alpha value is 0.480. The molecule has 0 N–H and O–H groups in total. The van der Waals surface area contributed by atoms with Gasteiger partial charge in [-0.05, 0) is 0 Å². The number of hydrogen-bond donors (Lipinski definition) is 0. The van der Waals surface area contributed by atoms with Crippen LogP contribution in [0.1, 0.15) is 13.8 Å². The fourth-order valence-electron chi connectivity index (χ4n) is 0. The molecule has 0 spiro atoms. The predicted molar refractivity (Wildman–Crippen MR) is 46.1 cm³/mol. The Kier molecular flexibility index (Phi) is 20.4. The predicted octanol–water partition coefficient (Wildman–Crippen LogP) is 2.41. The molecule has 0 aromatic carbocycles. The average molecular weight is 150 g/mol. The van der Waals surface area contributed by atoms with E-state index in [1.807, 2.05) is 13.8 Å². The maximum absolute atomic E-state index is 3.44. The van der Waals surface area contributed by atoms with E-state index in [4.69, 9.17) is 0 Å². The van der Waals surface area contributed by atoms with Gasteiger partial charge in [-0.1, -0.05) is 13.8 Å². The molecule has 0 aliphatic rings. The van der Waals surface area contributed by atoms with Gasteiger partial charge in [0, 0.05) is 0 Å². The molecular formula is C8H14Ca. The Bertz CT molecular complexity index is 62.6. The Labute approximate surface area is 89.0 Å². The van der Waals surface area contributed by atoms with Crippen LogP contribution in [0.2, 0.25) is 0 Å². The van der Waals surface area contributed by atoms with Gasteiger partial charge in [-0.25, -0.2) is 38.2 Å². The SMILES string of the molecule is C=C([CH2-])C.C=C([CH2-])C.[Ca+2]. The Morgan fingerprint density at radius 2 is 1.00 bits per heavy atom. The van der Waals surface area contributed by atoms with E-state index >= 15 is 0 Å². The smallest absolute Gasteiger partial charge is 0.242 e. The standard InChI is InChI=1S/2C4H7.Ca/c2*1-4(2)3;/h2*1-2H2,3H3;/q2*-1;+2. The minimum absolute atomic E-state index is 0. The van der Waals surface area contributed by atoms with Crippen LogP contribution >= 0.6 is 0 Å². The molecule has 0 bridgehead atoms. The van der Waals surface area contributed by atoms with E-state index in [2.05, 4.69) is 27.0 Å². The van der Waals surface area contributed by atoms with Gasteiger partial charge in [0.15, 0.2) is 0 Å². The molecule has 0 aromatic heterocycles. The first-order chi connectivity index (χ1) is 3.46. The third-order valence-corrected chi connectivity index (χ3v) is 0. The molecule has 0 fully saturated rings. The topological polar surface area (TPSA) is 0 Å². The molecule has 0 aliphatic heterocycles. The van der Waals surface area contributed by atoms with Gasteiger partial charge >= 0.3 is 37.7 Å². The second-order valence-corrected chi connectivity index (χ2v) is 1.91. The van der Waals surface area contributed by atoms with Crippen LogP contribution in [0.4, 0.5) is 0 Å². The van der Waals surface area contributed by atoms with Crippen LogP contribution < -0.4 is 0 Å². The fourth-order valence-corrected chi connectivity index (χ4v) is 0. The minimum atomic E-state index is 0. The zero-order chi connectivity index (χ0) is 7.15. The van der Waals surface area contributed by atoms with E-state index in [9.17, 15) is 0 Å². The Morgan fingerprint density at radius 1 is 1.00 bits per heavy atom. The van der Waals surface area contributed by atoms with Crippen molar-refractivity contribution in [1.82, 2.24) is 0 Å². The zero-order valence-electron chi connectivity index (χ0n) is 6.54. The number of allylic oxidation sites excluding steroid dienone is 2. The van der Waals surface area contributed by atoms with E-state index < -0.39 is 0 Å². The van der Waals surface area contributed by atoms with Crippen LogP contribution in [0, 0.1) is 13.8 Å². The van der Waals surface area contributed by atoms with Crippen molar-refractivity contribution in [3.8, 4) is 0 Å². The van der Waals surface area contributed by atoms with Crippen molar-refractivity contribution >= 4 is 37.7 Å². The molecule has 9 heavy (non-hydrogen) atoms. The van der Waals surface area contributed by atoms with E-state index in [0.717, 1.165) is 11.1 Å². The van der Waals surface area contributed by atoms with Crippen molar-refractivity contribution in [2.24, 2.45) is 0 Å². The molecule has 0 amide bonds. The molecule has 0 heterocycles. The van der Waals surface area contributed by atoms with Gasteiger partial charge < -0.3 is 0 Å². The molecule has 0 rings (SSSR count). The summed E-state index contributed by atoms with van der Waals surface area (Å²) in [7, 11) is 0. The molecule has 0 saturated heterocycles. The molecule has 0 saturated carbocycles. The van der Waals surface area contributed by atoms with Crippen LogP contribution in [0.25, 0.3) is 0 Å². The molecule has 0 aromatic rings. The molecule has 0 unspecified atom stereocenters. The first-order valence-electron chi connectivity index (χ1n) is 2.41. The van der Waals surface area contributed by atoms with Gasteiger partial charge in [0.05, 0.1) is 0 Å². The molecule has 0 radical (unpaired) electrons. The second-order valence-electron chi connectivity index (χ2n) is 1.91. The van der Waals surface area contributed by atoms with Gasteiger partial charge in [-0.2, -0.15) is 0 Å². The molecule has 48 valence electrons. The van der Waals surface area contributed by atoms with Crippen LogP contribution in [0.3, 0.4) is 0 Å². The summed E-state index contributed by atoms with van der Waals surface area (Å²) in [5.41, 5.74) is 1.83. The van der Waals surface area contributed by atoms with Gasteiger partial charge in [-0.3, -0.25) is 0 Å². The summed E-state index contributed by atoms with van der Waals surface area (Å²) in [6.45, 7) is 17.5. The van der Waals surface area contributed by atoms with Crippen LogP contribution in [-0.2, 0) is 0 Å². The third kappa shape index (κ3) is 1550. The Balaban J connectivity index is -0.0000000720. The van der Waals surface area contributed by atoms with Gasteiger partial charge in [0.1, 0.15) is 0 Å². The summed E-state index contributed by atoms with van der Waals surface area (Å²) < 4.78 is 0. The van der Waals surface area contributed by atoms with Crippen molar-refractivity contribution in [3.05, 3.63) is 38.2 Å². The van der Waals surface area contributed by atoms with Crippen molar-refractivity contribution in [2.75, 3.05) is 0 Å². The first-order valence-corrected chi connectivity index (χ1v) is 2.41. The maximum atomic E-state index is 3.44. The Morgan fingerprint density at radius 3 is 1.00 bits per heavy atom. The van der Waals surface area contributed by atoms with Crippen molar-refractivity contribution in [3.63, 3.8) is 0 Å². The van der Waals surface area contributed by atoms with Gasteiger partial charge in [0.2, 0.25) is 0 Å². The zero-order valence-corrected chi connectivity index (χ0v) is 8.74. The summed E-state index contributed by atoms with van der Waals surface area (Å²) in [5.74, 6) is 0. The van der Waals surface area contributed by atoms with Crippen molar-refractivity contribution in [2.45, 2.75) is 13.8 Å². The first kappa shape index (κ1) is 16.2. The minimum Gasteiger partial charge on any atom is -0.242 e. The fraction of sp³-hybridized carbons (Fsp3) is 0.250. The third-order valence-electron chi connectivity index (χ3n) is 0. The number of rotatable bonds is 0. The van der Waals surface area contributed by atoms with E-state index in [-0.39, 0.29) is 37.7 Å². The average Bonchev–Trinajstić information content (AvgIpc) is 1.25. The van der Waals surface area contributed by atoms with Crippen LogP contribution in [-0.4, -0.2) is 37.7 Å². The van der Waals surface area contributed by atoms with Gasteiger partial charge in [-0.15, -0.1) is 0 Å². The van der Waals surface area contributed by atoms with Gasteiger partial charge in [0.25, 0.3) is 0 Å². The molecule has 0 nitrogen and oxygen atoms in total. The maximum Gasteiger partial charge on any atom is 2.00 e. The van der Waals surface area contributed by atoms with Crippen molar-refractivity contribution < 1.29 is 0 Å². The summed E-state index contributed by atoms with van der Waals surface area (Å²) in [6.07, 6.45) is 0. The van der Waals surface area contributed by atoms with Crippen LogP contribution in [0.15, 0.2) is 24.3 Å². The summed E-state index contributed by atoms with van der Waals surface area (Å²) in [5, 5.41) is 0. The second kappa shape index (κ2) is 11.3. The molecular weight excluding hydrogens is 136 g/mol. The van der Waals surface area contributed by atoms with Crippen molar-refractivity contribution in [1.29, 1.82) is 0 Å². The quantitative estimate of drug-likeness (QED) is 0.367.